The van der Waals surface area contributed by atoms with Gasteiger partial charge in [-0.05, 0) is 29.8 Å². The number of ketones is 1. The zero-order valence-electron chi connectivity index (χ0n) is 17.1. The summed E-state index contributed by atoms with van der Waals surface area (Å²) < 4.78 is 5.23. The maximum Gasteiger partial charge on any atom is 0.348 e. The largest absolute Gasteiger partial charge is 0.466 e. The first-order valence-electron chi connectivity index (χ1n) is 9.95. The van der Waals surface area contributed by atoms with Crippen LogP contribution in [-0.4, -0.2) is 29.6 Å². The summed E-state index contributed by atoms with van der Waals surface area (Å²) >= 11 is 1.13. The number of Topliss-reactive ketones (excluding diaryl/α,β-unsaturated/α-hetero) is 1. The minimum Gasteiger partial charge on any atom is -0.466 e. The summed E-state index contributed by atoms with van der Waals surface area (Å²) in [5.41, 5.74) is 2.32. The summed E-state index contributed by atoms with van der Waals surface area (Å²) in [5, 5.41) is 3.33. The van der Waals surface area contributed by atoms with E-state index in [1.807, 2.05) is 54.6 Å². The smallest absolute Gasteiger partial charge is 0.348 e. The van der Waals surface area contributed by atoms with Crippen LogP contribution in [-0.2, 0) is 19.1 Å². The normalized spacial score (nSPS) is 19.7. The zero-order valence-corrected chi connectivity index (χ0v) is 17.9. The number of para-hydroxylation sites is 2. The molecule has 2 heterocycles. The van der Waals surface area contributed by atoms with Crippen LogP contribution in [0.1, 0.15) is 5.56 Å². The number of nitrogens with one attached hydrogen (secondary N) is 1. The number of anilines is 2. The third-order valence-corrected chi connectivity index (χ3v) is 6.90. The topological polar surface area (TPSA) is 75.7 Å². The number of amides is 1. The number of rotatable bonds is 3. The Kier molecular flexibility index (Phi) is 4.83. The molecule has 1 N–H and O–H groups in total. The average molecular weight is 442 g/mol. The van der Waals surface area contributed by atoms with Gasteiger partial charge in [0.25, 0.3) is 5.78 Å². The molecule has 0 aliphatic carbocycles. The molecule has 0 radical (unpaired) electrons. The average Bonchev–Trinajstić information content (AvgIpc) is 2.96. The maximum absolute atomic E-state index is 13.5. The van der Waals surface area contributed by atoms with Crippen molar-refractivity contribution >= 4 is 46.5 Å². The Morgan fingerprint density at radius 3 is 2.22 bits per heavy atom. The molecule has 0 spiro atoms. The minimum atomic E-state index is -1.73. The number of carbonyl (C=O) groups is 3. The first-order valence-corrected chi connectivity index (χ1v) is 10.8. The number of methoxy groups -OCH3 is 1. The highest BCUT2D eigenvalue weighted by atomic mass is 32.2. The van der Waals surface area contributed by atoms with Gasteiger partial charge in [0.2, 0.25) is 4.87 Å². The van der Waals surface area contributed by atoms with E-state index in [1.54, 1.807) is 30.3 Å². The molecule has 0 bridgehead atoms. The van der Waals surface area contributed by atoms with Crippen LogP contribution in [0.25, 0.3) is 5.70 Å². The SMILES string of the molecule is COC(=O)[C@@]12Sc3ccccc3NC(c3ccccc3)=C1C(=O)C(=O)N2c1ccccc1. The molecule has 5 rings (SSSR count). The van der Waals surface area contributed by atoms with Crippen LogP contribution in [0.15, 0.2) is 95.4 Å². The second kappa shape index (κ2) is 7.69. The molecule has 0 saturated carbocycles. The fourth-order valence-corrected chi connectivity index (χ4v) is 5.52. The predicted molar refractivity (Wildman–Crippen MR) is 123 cm³/mol. The summed E-state index contributed by atoms with van der Waals surface area (Å²) in [6.45, 7) is 0. The van der Waals surface area contributed by atoms with Crippen molar-refractivity contribution < 1.29 is 19.1 Å². The number of hydrogen-bond donors (Lipinski definition) is 1. The van der Waals surface area contributed by atoms with Gasteiger partial charge in [0.05, 0.1) is 24.1 Å². The summed E-state index contributed by atoms with van der Waals surface area (Å²) in [6, 6.07) is 25.3. The summed E-state index contributed by atoms with van der Waals surface area (Å²) in [7, 11) is 1.26. The highest BCUT2D eigenvalue weighted by molar-refractivity contribution is 8.02. The van der Waals surface area contributed by atoms with Crippen molar-refractivity contribution in [2.75, 3.05) is 17.3 Å². The van der Waals surface area contributed by atoms with Crippen LogP contribution in [0, 0.1) is 0 Å². The highest BCUT2D eigenvalue weighted by Gasteiger charge is 2.64. The van der Waals surface area contributed by atoms with Gasteiger partial charge in [0, 0.05) is 10.6 Å². The monoisotopic (exact) mass is 442 g/mol. The van der Waals surface area contributed by atoms with Gasteiger partial charge in [0.15, 0.2) is 0 Å². The number of thioether (sulfide) groups is 1. The molecule has 1 amide bonds. The van der Waals surface area contributed by atoms with Crippen LogP contribution >= 0.6 is 11.8 Å². The van der Waals surface area contributed by atoms with Crippen LogP contribution in [0.5, 0.6) is 0 Å². The first-order chi connectivity index (χ1) is 15.6. The van der Waals surface area contributed by atoms with E-state index in [2.05, 4.69) is 5.32 Å². The van der Waals surface area contributed by atoms with Gasteiger partial charge in [-0.15, -0.1) is 0 Å². The molecule has 1 saturated heterocycles. The Labute approximate surface area is 188 Å². The van der Waals surface area contributed by atoms with Crippen molar-refractivity contribution in [2.45, 2.75) is 9.77 Å². The summed E-state index contributed by atoms with van der Waals surface area (Å²) in [4.78, 5) is 40.7. The number of fused-ring (bicyclic) bond motifs is 2. The Balaban J connectivity index is 1.90. The van der Waals surface area contributed by atoms with E-state index < -0.39 is 22.5 Å². The molecule has 0 unspecified atom stereocenters. The lowest BCUT2D eigenvalue weighted by Crippen LogP contribution is -2.51. The van der Waals surface area contributed by atoms with E-state index in [-0.39, 0.29) is 5.57 Å². The molecule has 3 aromatic rings. The van der Waals surface area contributed by atoms with Gasteiger partial charge >= 0.3 is 11.9 Å². The predicted octanol–water partition coefficient (Wildman–Crippen LogP) is 4.10. The number of benzene rings is 3. The Morgan fingerprint density at radius 2 is 1.53 bits per heavy atom. The number of nitrogens with zero attached hydrogens (tertiary/aromatic N) is 1. The fourth-order valence-electron chi connectivity index (χ4n) is 4.08. The molecule has 0 aromatic heterocycles. The zero-order chi connectivity index (χ0) is 22.3. The van der Waals surface area contributed by atoms with Crippen LogP contribution in [0.2, 0.25) is 0 Å². The molecule has 1 fully saturated rings. The molecule has 158 valence electrons. The van der Waals surface area contributed by atoms with Crippen molar-refractivity contribution in [3.05, 3.63) is 96.1 Å². The third-order valence-electron chi connectivity index (χ3n) is 5.47. The van der Waals surface area contributed by atoms with E-state index in [0.717, 1.165) is 17.4 Å². The Bertz CT molecular complexity index is 1270. The maximum atomic E-state index is 13.5. The quantitative estimate of drug-likeness (QED) is 0.486. The first kappa shape index (κ1) is 20.1. The molecular formula is C25H18N2O4S. The lowest BCUT2D eigenvalue weighted by Gasteiger charge is -2.34. The van der Waals surface area contributed by atoms with Gasteiger partial charge in [-0.25, -0.2) is 4.79 Å². The highest BCUT2D eigenvalue weighted by Crippen LogP contribution is 2.54. The Morgan fingerprint density at radius 1 is 0.906 bits per heavy atom. The van der Waals surface area contributed by atoms with E-state index in [0.29, 0.717) is 21.8 Å². The van der Waals surface area contributed by atoms with Crippen molar-refractivity contribution in [1.29, 1.82) is 0 Å². The summed E-state index contributed by atoms with van der Waals surface area (Å²) in [5.74, 6) is -2.22. The van der Waals surface area contributed by atoms with Crippen molar-refractivity contribution in [2.24, 2.45) is 0 Å². The van der Waals surface area contributed by atoms with Gasteiger partial charge in [-0.1, -0.05) is 72.4 Å². The lowest BCUT2D eigenvalue weighted by atomic mass is 9.98. The number of ether oxygens (including phenoxy) is 1. The summed E-state index contributed by atoms with van der Waals surface area (Å²) in [6.07, 6.45) is 0. The van der Waals surface area contributed by atoms with Crippen LogP contribution < -0.4 is 10.2 Å². The third kappa shape index (κ3) is 2.85. The van der Waals surface area contributed by atoms with Crippen molar-refractivity contribution in [3.8, 4) is 0 Å². The molecule has 7 heteroatoms. The number of carbonyl (C=O) groups excluding carboxylic acids is 3. The minimum absolute atomic E-state index is 0.0607. The van der Waals surface area contributed by atoms with E-state index in [9.17, 15) is 14.4 Å². The van der Waals surface area contributed by atoms with Crippen LogP contribution in [0.3, 0.4) is 0 Å². The lowest BCUT2D eigenvalue weighted by molar-refractivity contribution is -0.142. The molecule has 2 aliphatic rings. The molecule has 2 aliphatic heterocycles. The van der Waals surface area contributed by atoms with Crippen molar-refractivity contribution in [1.82, 2.24) is 0 Å². The van der Waals surface area contributed by atoms with Crippen molar-refractivity contribution in [3.63, 3.8) is 0 Å². The molecule has 1 atom stereocenters. The van der Waals surface area contributed by atoms with Gasteiger partial charge in [-0.2, -0.15) is 0 Å². The van der Waals surface area contributed by atoms with Gasteiger partial charge in [-0.3, -0.25) is 14.5 Å². The Hall–Kier alpha value is -3.84. The second-order valence-electron chi connectivity index (χ2n) is 7.28. The number of hydrogen-bond acceptors (Lipinski definition) is 6. The van der Waals surface area contributed by atoms with E-state index in [1.165, 1.54) is 12.0 Å². The molecule has 32 heavy (non-hydrogen) atoms. The molecular weight excluding hydrogens is 424 g/mol. The fraction of sp³-hybridized carbons (Fsp3) is 0.0800. The van der Waals surface area contributed by atoms with Gasteiger partial charge < -0.3 is 10.1 Å². The van der Waals surface area contributed by atoms with Crippen LogP contribution in [0.4, 0.5) is 11.4 Å². The molecule has 3 aromatic carbocycles. The van der Waals surface area contributed by atoms with E-state index >= 15 is 0 Å². The van der Waals surface area contributed by atoms with Gasteiger partial charge in [0.1, 0.15) is 0 Å². The standard InChI is InChI=1S/C25H18N2O4S/c1-31-24(30)25-20(22(28)23(29)27(25)17-12-6-3-7-13-17)21(16-10-4-2-5-11-16)26-18-14-8-9-15-19(18)32-25/h2-15,26H,1H3/t25-/m0/s1. The number of esters is 1. The second-order valence-corrected chi connectivity index (χ2v) is 8.51. The molecule has 6 nitrogen and oxygen atoms in total. The van der Waals surface area contributed by atoms with E-state index in [4.69, 9.17) is 4.74 Å².